The van der Waals surface area contributed by atoms with Crippen LogP contribution in [0.1, 0.15) is 42.6 Å². The van der Waals surface area contributed by atoms with Crippen molar-refractivity contribution in [1.29, 1.82) is 0 Å². The molecule has 1 fully saturated rings. The minimum atomic E-state index is -0.789. The van der Waals surface area contributed by atoms with Crippen molar-refractivity contribution in [3.05, 3.63) is 41.6 Å². The summed E-state index contributed by atoms with van der Waals surface area (Å²) in [7, 11) is 0. The topological polar surface area (TPSA) is 107 Å². The SMILES string of the molecule is CC1(C)CNC(=O)c2ccc(-c3ccnc(NC4CCN(CC(=O)O)CC4)n3)cc21. The minimum Gasteiger partial charge on any atom is -0.480 e. The average molecular weight is 409 g/mol. The summed E-state index contributed by atoms with van der Waals surface area (Å²) in [6.07, 6.45) is 3.44. The fraction of sp³-hybridized carbons (Fsp3) is 0.455. The lowest BCUT2D eigenvalue weighted by Gasteiger charge is -2.32. The van der Waals surface area contributed by atoms with E-state index in [4.69, 9.17) is 5.11 Å². The summed E-state index contributed by atoms with van der Waals surface area (Å²) in [5.41, 5.74) is 3.37. The summed E-state index contributed by atoms with van der Waals surface area (Å²) < 4.78 is 0. The van der Waals surface area contributed by atoms with Crippen LogP contribution in [0.4, 0.5) is 5.95 Å². The van der Waals surface area contributed by atoms with Crippen LogP contribution in [0, 0.1) is 0 Å². The number of hydrogen-bond acceptors (Lipinski definition) is 6. The van der Waals surface area contributed by atoms with Gasteiger partial charge in [-0.15, -0.1) is 0 Å². The Kier molecular flexibility index (Phi) is 5.42. The summed E-state index contributed by atoms with van der Waals surface area (Å²) in [5.74, 6) is -0.253. The second-order valence-electron chi connectivity index (χ2n) is 8.68. The molecule has 1 amide bonds. The minimum absolute atomic E-state index is 0.0323. The van der Waals surface area contributed by atoms with Gasteiger partial charge >= 0.3 is 5.97 Å². The quantitative estimate of drug-likeness (QED) is 0.694. The Bertz CT molecular complexity index is 967. The van der Waals surface area contributed by atoms with Crippen LogP contribution in [-0.2, 0) is 10.2 Å². The Balaban J connectivity index is 1.49. The number of piperidine rings is 1. The smallest absolute Gasteiger partial charge is 0.317 e. The van der Waals surface area contributed by atoms with Gasteiger partial charge in [-0.2, -0.15) is 0 Å². The lowest BCUT2D eigenvalue weighted by Crippen LogP contribution is -2.43. The van der Waals surface area contributed by atoms with Crippen molar-refractivity contribution in [2.75, 3.05) is 31.5 Å². The zero-order valence-electron chi connectivity index (χ0n) is 17.3. The van der Waals surface area contributed by atoms with Gasteiger partial charge < -0.3 is 15.7 Å². The first kappa shape index (κ1) is 20.3. The molecule has 3 heterocycles. The number of likely N-dealkylation sites (tertiary alicyclic amines) is 1. The van der Waals surface area contributed by atoms with Crippen LogP contribution in [0.2, 0.25) is 0 Å². The van der Waals surface area contributed by atoms with Crippen molar-refractivity contribution < 1.29 is 14.7 Å². The van der Waals surface area contributed by atoms with Gasteiger partial charge in [-0.25, -0.2) is 9.97 Å². The number of carboxylic acid groups (broad SMARTS) is 1. The van der Waals surface area contributed by atoms with Crippen molar-refractivity contribution in [1.82, 2.24) is 20.2 Å². The van der Waals surface area contributed by atoms with E-state index in [9.17, 15) is 9.59 Å². The number of amides is 1. The molecule has 2 aliphatic rings. The predicted octanol–water partition coefficient (Wildman–Crippen LogP) is 2.13. The van der Waals surface area contributed by atoms with Gasteiger partial charge in [0.2, 0.25) is 5.95 Å². The molecule has 0 radical (unpaired) electrons. The molecule has 8 heteroatoms. The van der Waals surface area contributed by atoms with E-state index < -0.39 is 5.97 Å². The monoisotopic (exact) mass is 409 g/mol. The molecule has 2 aliphatic heterocycles. The number of nitrogens with zero attached hydrogens (tertiary/aromatic N) is 3. The molecule has 0 atom stereocenters. The third-order valence-electron chi connectivity index (χ3n) is 5.92. The molecule has 1 aromatic carbocycles. The second-order valence-corrected chi connectivity index (χ2v) is 8.68. The summed E-state index contributed by atoms with van der Waals surface area (Å²) in [6.45, 7) is 6.43. The predicted molar refractivity (Wildman–Crippen MR) is 114 cm³/mol. The van der Waals surface area contributed by atoms with E-state index in [-0.39, 0.29) is 23.9 Å². The molecular weight excluding hydrogens is 382 g/mol. The van der Waals surface area contributed by atoms with E-state index in [1.165, 1.54) is 0 Å². The number of aliphatic carboxylic acids is 1. The fourth-order valence-electron chi connectivity index (χ4n) is 4.15. The molecule has 0 bridgehead atoms. The van der Waals surface area contributed by atoms with Crippen molar-refractivity contribution in [3.8, 4) is 11.3 Å². The fourth-order valence-corrected chi connectivity index (χ4v) is 4.15. The van der Waals surface area contributed by atoms with E-state index in [2.05, 4.69) is 40.5 Å². The van der Waals surface area contributed by atoms with Crippen LogP contribution in [0.3, 0.4) is 0 Å². The molecule has 0 unspecified atom stereocenters. The lowest BCUT2D eigenvalue weighted by molar-refractivity contribution is -0.138. The van der Waals surface area contributed by atoms with E-state index in [1.54, 1.807) is 6.20 Å². The maximum absolute atomic E-state index is 12.2. The molecule has 0 aliphatic carbocycles. The van der Waals surface area contributed by atoms with Gasteiger partial charge in [0.05, 0.1) is 12.2 Å². The van der Waals surface area contributed by atoms with E-state index in [1.807, 2.05) is 23.1 Å². The molecule has 3 N–H and O–H groups in total. The number of carbonyl (C=O) groups excluding carboxylic acids is 1. The van der Waals surface area contributed by atoms with Crippen molar-refractivity contribution in [2.45, 2.75) is 38.1 Å². The molecule has 4 rings (SSSR count). The Hall–Kier alpha value is -3.00. The Morgan fingerprint density at radius 2 is 2.07 bits per heavy atom. The number of fused-ring (bicyclic) bond motifs is 1. The molecule has 2 aromatic rings. The standard InChI is InChI=1S/C22H27N5O3/c1-22(2)13-24-20(30)16-4-3-14(11-17(16)22)18-5-8-23-21(26-18)25-15-6-9-27(10-7-15)12-19(28)29/h3-5,8,11,15H,6-7,9-10,12-13H2,1-2H3,(H,24,30)(H,28,29)(H,23,25,26). The van der Waals surface area contributed by atoms with Crippen molar-refractivity contribution in [2.24, 2.45) is 0 Å². The molecule has 8 nitrogen and oxygen atoms in total. The van der Waals surface area contributed by atoms with Gasteiger partial charge in [0.25, 0.3) is 5.91 Å². The molecular formula is C22H27N5O3. The number of benzene rings is 1. The van der Waals surface area contributed by atoms with Gasteiger partial charge in [-0.05, 0) is 36.6 Å². The normalized spacial score (nSPS) is 19.1. The number of carboxylic acids is 1. The first-order valence-corrected chi connectivity index (χ1v) is 10.3. The second kappa shape index (κ2) is 8.02. The van der Waals surface area contributed by atoms with Crippen molar-refractivity contribution in [3.63, 3.8) is 0 Å². The highest BCUT2D eigenvalue weighted by Gasteiger charge is 2.31. The van der Waals surface area contributed by atoms with Crippen LogP contribution in [-0.4, -0.2) is 64.1 Å². The number of rotatable bonds is 5. The maximum atomic E-state index is 12.2. The van der Waals surface area contributed by atoms with E-state index >= 15 is 0 Å². The number of aromatic nitrogens is 2. The molecule has 1 aromatic heterocycles. The first-order chi connectivity index (χ1) is 14.3. The Morgan fingerprint density at radius 3 is 2.80 bits per heavy atom. The summed E-state index contributed by atoms with van der Waals surface area (Å²) in [5, 5.41) is 15.3. The number of nitrogens with one attached hydrogen (secondary N) is 2. The molecule has 1 saturated heterocycles. The third kappa shape index (κ3) is 4.28. The van der Waals surface area contributed by atoms with E-state index in [0.717, 1.165) is 48.3 Å². The van der Waals surface area contributed by atoms with Crippen LogP contribution in [0.5, 0.6) is 0 Å². The largest absolute Gasteiger partial charge is 0.480 e. The molecule has 30 heavy (non-hydrogen) atoms. The maximum Gasteiger partial charge on any atom is 0.317 e. The van der Waals surface area contributed by atoms with Crippen LogP contribution >= 0.6 is 0 Å². The highest BCUT2D eigenvalue weighted by molar-refractivity contribution is 5.98. The number of hydrogen-bond donors (Lipinski definition) is 3. The Labute approximate surface area is 175 Å². The van der Waals surface area contributed by atoms with Crippen molar-refractivity contribution >= 4 is 17.8 Å². The number of carbonyl (C=O) groups is 2. The first-order valence-electron chi connectivity index (χ1n) is 10.3. The highest BCUT2D eigenvalue weighted by Crippen LogP contribution is 2.33. The van der Waals surface area contributed by atoms with Crippen LogP contribution in [0.15, 0.2) is 30.5 Å². The summed E-state index contributed by atoms with van der Waals surface area (Å²) >= 11 is 0. The van der Waals surface area contributed by atoms with Gasteiger partial charge in [0, 0.05) is 48.4 Å². The zero-order valence-corrected chi connectivity index (χ0v) is 17.3. The zero-order chi connectivity index (χ0) is 21.3. The van der Waals surface area contributed by atoms with Gasteiger partial charge in [0.15, 0.2) is 0 Å². The average Bonchev–Trinajstić information content (AvgIpc) is 2.72. The summed E-state index contributed by atoms with van der Waals surface area (Å²) in [6, 6.07) is 7.95. The Morgan fingerprint density at radius 1 is 1.30 bits per heavy atom. The van der Waals surface area contributed by atoms with Gasteiger partial charge in [-0.3, -0.25) is 14.5 Å². The summed E-state index contributed by atoms with van der Waals surface area (Å²) in [4.78, 5) is 34.1. The highest BCUT2D eigenvalue weighted by atomic mass is 16.4. The molecule has 0 saturated carbocycles. The number of anilines is 1. The molecule has 158 valence electrons. The van der Waals surface area contributed by atoms with Crippen LogP contribution < -0.4 is 10.6 Å². The van der Waals surface area contributed by atoms with Crippen LogP contribution in [0.25, 0.3) is 11.3 Å². The molecule has 0 spiro atoms. The van der Waals surface area contributed by atoms with Gasteiger partial charge in [0.1, 0.15) is 0 Å². The van der Waals surface area contributed by atoms with E-state index in [0.29, 0.717) is 12.5 Å². The van der Waals surface area contributed by atoms with Gasteiger partial charge in [-0.1, -0.05) is 19.9 Å². The third-order valence-corrected chi connectivity index (χ3v) is 5.92. The lowest BCUT2D eigenvalue weighted by atomic mass is 9.78.